The highest BCUT2D eigenvalue weighted by Crippen LogP contribution is 2.44. The van der Waals surface area contributed by atoms with Crippen molar-refractivity contribution in [2.24, 2.45) is 9.50 Å². The van der Waals surface area contributed by atoms with Gasteiger partial charge in [0.25, 0.3) is 0 Å². The second-order valence-corrected chi connectivity index (χ2v) is 9.81. The second-order valence-electron chi connectivity index (χ2n) is 8.08. The molecule has 1 atom stereocenters. The molecule has 0 saturated carbocycles. The fourth-order valence-electron chi connectivity index (χ4n) is 4.11. The number of aromatic nitrogens is 3. The van der Waals surface area contributed by atoms with Crippen molar-refractivity contribution in [3.05, 3.63) is 34.8 Å². The highest BCUT2D eigenvalue weighted by Gasteiger charge is 2.36. The number of urea groups is 1. The third-order valence-electron chi connectivity index (χ3n) is 5.66. The molecule has 150 valence electrons. The van der Waals surface area contributed by atoms with E-state index in [-0.39, 0.29) is 10.4 Å². The van der Waals surface area contributed by atoms with Crippen molar-refractivity contribution in [2.75, 3.05) is 5.32 Å². The molecule has 28 heavy (non-hydrogen) atoms. The normalized spacial score (nSPS) is 19.0. The number of hydrogen-bond acceptors (Lipinski definition) is 4. The maximum Gasteiger partial charge on any atom is 0.354 e. The molecule has 0 spiro atoms. The van der Waals surface area contributed by atoms with Gasteiger partial charge in [-0.3, -0.25) is 9.67 Å². The molecule has 0 bridgehead atoms. The Hall–Kier alpha value is -2.26. The molecule has 0 unspecified atom stereocenters. The Balaban J connectivity index is 1.70. The number of anilines is 1. The number of rotatable bonds is 3. The van der Waals surface area contributed by atoms with E-state index in [1.807, 2.05) is 6.92 Å². The third-order valence-corrected chi connectivity index (χ3v) is 6.91. The number of carbonyl (C=O) groups excluding carboxylic acids is 1. The number of nitrogens with one attached hydrogen (secondary N) is 1. The van der Waals surface area contributed by atoms with E-state index in [4.69, 9.17) is 10.1 Å². The van der Waals surface area contributed by atoms with E-state index >= 15 is 0 Å². The van der Waals surface area contributed by atoms with Crippen LogP contribution in [0.1, 0.15) is 56.1 Å². The van der Waals surface area contributed by atoms with Crippen LogP contribution in [0.25, 0.3) is 0 Å². The first-order valence-corrected chi connectivity index (χ1v) is 11.2. The number of aryl methyl sites for hydroxylation is 2. The van der Waals surface area contributed by atoms with Gasteiger partial charge in [0.2, 0.25) is 0 Å². The van der Waals surface area contributed by atoms with Gasteiger partial charge in [0, 0.05) is 23.9 Å². The molecule has 2 amide bonds. The average Bonchev–Trinajstić information content (AvgIpc) is 3.34. The fraction of sp³-hybridized carbons (Fsp3) is 0.526. The summed E-state index contributed by atoms with van der Waals surface area (Å²) < 4.78 is 18.1. The number of pyridine rings is 1. The Bertz CT molecular complexity index is 1080. The number of nitrogens with two attached hydrogens (primary N) is 1. The zero-order valence-corrected chi connectivity index (χ0v) is 17.3. The number of fused-ring (bicyclic) bond motifs is 2. The van der Waals surface area contributed by atoms with Crippen LogP contribution in [0.5, 0.6) is 0 Å². The molecule has 2 aromatic rings. The van der Waals surface area contributed by atoms with E-state index in [1.54, 1.807) is 10.9 Å². The minimum Gasteiger partial charge on any atom is -0.305 e. The standard InChI is InChI=1S/C19H26N6O2S/c1-4-25-11-9-15(23-25)28(20,27)24-18(26)22-16-12-6-5-7-14(12)21-17-13(16)8-10-19(17,2)3/h9,11H,4-8,10H2,1-3H3,(H3,20,21,22,24,26,27)/t28-/m0/s1. The van der Waals surface area contributed by atoms with Gasteiger partial charge in [0.1, 0.15) is 0 Å². The summed E-state index contributed by atoms with van der Waals surface area (Å²) in [4.78, 5) is 17.6. The van der Waals surface area contributed by atoms with Crippen LogP contribution in [0.3, 0.4) is 0 Å². The van der Waals surface area contributed by atoms with Gasteiger partial charge in [-0.2, -0.15) is 5.10 Å². The zero-order valence-electron chi connectivity index (χ0n) is 16.5. The minimum absolute atomic E-state index is 0.0159. The van der Waals surface area contributed by atoms with Gasteiger partial charge in [-0.05, 0) is 56.2 Å². The first kappa shape index (κ1) is 19.1. The summed E-state index contributed by atoms with van der Waals surface area (Å²) in [5, 5.41) is 13.0. The molecule has 2 heterocycles. The lowest BCUT2D eigenvalue weighted by Gasteiger charge is -2.20. The van der Waals surface area contributed by atoms with Gasteiger partial charge in [-0.25, -0.2) is 14.1 Å². The molecule has 0 fully saturated rings. The largest absolute Gasteiger partial charge is 0.354 e. The number of carbonyl (C=O) groups is 1. The quantitative estimate of drug-likeness (QED) is 0.821. The Morgan fingerprint density at radius 3 is 2.86 bits per heavy atom. The highest BCUT2D eigenvalue weighted by molar-refractivity contribution is 7.91. The monoisotopic (exact) mass is 402 g/mol. The summed E-state index contributed by atoms with van der Waals surface area (Å²) >= 11 is 0. The van der Waals surface area contributed by atoms with E-state index < -0.39 is 15.9 Å². The van der Waals surface area contributed by atoms with Crippen molar-refractivity contribution in [3.63, 3.8) is 0 Å². The Morgan fingerprint density at radius 2 is 2.14 bits per heavy atom. The summed E-state index contributed by atoms with van der Waals surface area (Å²) in [5.74, 6) is 0. The Labute approximate surface area is 165 Å². The second kappa shape index (κ2) is 6.66. The molecule has 2 aromatic heterocycles. The molecule has 3 N–H and O–H groups in total. The van der Waals surface area contributed by atoms with Crippen LogP contribution in [0.2, 0.25) is 0 Å². The van der Waals surface area contributed by atoms with Crippen molar-refractivity contribution in [1.29, 1.82) is 0 Å². The average molecular weight is 403 g/mol. The van der Waals surface area contributed by atoms with Crippen LogP contribution < -0.4 is 10.5 Å². The fourth-order valence-corrected chi connectivity index (χ4v) is 4.97. The van der Waals surface area contributed by atoms with Gasteiger partial charge in [0.05, 0.1) is 11.4 Å². The van der Waals surface area contributed by atoms with Crippen molar-refractivity contribution >= 4 is 21.6 Å². The van der Waals surface area contributed by atoms with Gasteiger partial charge >= 0.3 is 6.03 Å². The van der Waals surface area contributed by atoms with Crippen LogP contribution in [-0.4, -0.2) is 25.0 Å². The van der Waals surface area contributed by atoms with Crippen molar-refractivity contribution in [2.45, 2.75) is 69.9 Å². The van der Waals surface area contributed by atoms with Crippen LogP contribution in [-0.2, 0) is 41.1 Å². The summed E-state index contributed by atoms with van der Waals surface area (Å²) in [6, 6.07) is 0.832. The summed E-state index contributed by atoms with van der Waals surface area (Å²) in [6.45, 7) is 6.89. The number of hydrogen-bond donors (Lipinski definition) is 2. The van der Waals surface area contributed by atoms with E-state index in [0.717, 1.165) is 60.3 Å². The summed E-state index contributed by atoms with van der Waals surface area (Å²) in [7, 11) is -3.40. The lowest BCUT2D eigenvalue weighted by Crippen LogP contribution is -2.20. The Kier molecular flexibility index (Phi) is 4.54. The van der Waals surface area contributed by atoms with E-state index in [0.29, 0.717) is 6.54 Å². The smallest absolute Gasteiger partial charge is 0.305 e. The van der Waals surface area contributed by atoms with Crippen molar-refractivity contribution in [3.8, 4) is 0 Å². The van der Waals surface area contributed by atoms with Gasteiger partial charge in [0.15, 0.2) is 14.9 Å². The highest BCUT2D eigenvalue weighted by atomic mass is 32.2. The Morgan fingerprint density at radius 1 is 1.36 bits per heavy atom. The minimum atomic E-state index is -3.40. The maximum atomic E-state index is 12.8. The lowest BCUT2D eigenvalue weighted by molar-refractivity contribution is 0.260. The predicted octanol–water partition coefficient (Wildman–Crippen LogP) is 2.94. The molecule has 0 aromatic carbocycles. The van der Waals surface area contributed by atoms with Crippen LogP contribution in [0.4, 0.5) is 10.5 Å². The molecule has 0 aliphatic heterocycles. The van der Waals surface area contributed by atoms with E-state index in [1.165, 1.54) is 6.07 Å². The predicted molar refractivity (Wildman–Crippen MR) is 108 cm³/mol. The number of amides is 2. The number of nitrogens with zero attached hydrogens (tertiary/aromatic N) is 4. The van der Waals surface area contributed by atoms with Gasteiger partial charge in [-0.15, -0.1) is 4.36 Å². The third kappa shape index (κ3) is 3.22. The topological polar surface area (TPSA) is 115 Å². The molecule has 9 heteroatoms. The summed E-state index contributed by atoms with van der Waals surface area (Å²) in [5.41, 5.74) is 5.05. The summed E-state index contributed by atoms with van der Waals surface area (Å²) in [6.07, 6.45) is 6.33. The van der Waals surface area contributed by atoms with Crippen LogP contribution in [0, 0.1) is 0 Å². The van der Waals surface area contributed by atoms with E-state index in [2.05, 4.69) is 28.6 Å². The molecule has 2 aliphatic carbocycles. The SMILES string of the molecule is CCn1ccc([S@@](N)(=O)=NC(=O)Nc2c3c(nc4c2CCC4(C)C)CCC3)n1. The lowest BCUT2D eigenvalue weighted by atomic mass is 9.90. The maximum absolute atomic E-state index is 12.8. The van der Waals surface area contributed by atoms with E-state index in [9.17, 15) is 9.00 Å². The molecule has 2 aliphatic rings. The van der Waals surface area contributed by atoms with Crippen LogP contribution >= 0.6 is 0 Å². The van der Waals surface area contributed by atoms with Crippen LogP contribution in [0.15, 0.2) is 21.7 Å². The molecule has 0 saturated heterocycles. The molecule has 0 radical (unpaired) electrons. The molecule has 8 nitrogen and oxygen atoms in total. The first-order chi connectivity index (χ1) is 13.2. The van der Waals surface area contributed by atoms with Gasteiger partial charge in [-0.1, -0.05) is 13.8 Å². The molecular weight excluding hydrogens is 376 g/mol. The molecular formula is C19H26N6O2S. The van der Waals surface area contributed by atoms with Gasteiger partial charge < -0.3 is 5.32 Å². The van der Waals surface area contributed by atoms with Crippen molar-refractivity contribution in [1.82, 2.24) is 14.8 Å². The zero-order chi connectivity index (χ0) is 20.1. The molecule has 4 rings (SSSR count). The first-order valence-electron chi connectivity index (χ1n) is 9.66. The van der Waals surface area contributed by atoms with Crippen molar-refractivity contribution < 1.29 is 9.00 Å².